The summed E-state index contributed by atoms with van der Waals surface area (Å²) in [6.07, 6.45) is 6.52. The molecule has 0 atom stereocenters. The molecule has 0 unspecified atom stereocenters. The summed E-state index contributed by atoms with van der Waals surface area (Å²) >= 11 is 0. The second-order valence-electron chi connectivity index (χ2n) is 9.22. The van der Waals surface area contributed by atoms with Crippen LogP contribution in [0.1, 0.15) is 36.1 Å². The maximum atomic E-state index is 13.2. The number of rotatable bonds is 6. The van der Waals surface area contributed by atoms with Crippen LogP contribution in [0.2, 0.25) is 0 Å². The summed E-state index contributed by atoms with van der Waals surface area (Å²) in [5, 5.41) is 17.9. The van der Waals surface area contributed by atoms with Crippen LogP contribution in [0, 0.1) is 0 Å². The summed E-state index contributed by atoms with van der Waals surface area (Å²) < 4.78 is 3.23. The van der Waals surface area contributed by atoms with Gasteiger partial charge in [0.2, 0.25) is 5.95 Å². The molecule has 35 heavy (non-hydrogen) atoms. The second kappa shape index (κ2) is 8.44. The van der Waals surface area contributed by atoms with Crippen molar-refractivity contribution in [2.75, 3.05) is 11.9 Å². The Bertz CT molecular complexity index is 1500. The van der Waals surface area contributed by atoms with Gasteiger partial charge in [0.05, 0.1) is 12.2 Å². The molecule has 0 radical (unpaired) electrons. The average molecular weight is 470 g/mol. The van der Waals surface area contributed by atoms with Gasteiger partial charge < -0.3 is 15.7 Å². The Labute approximate surface area is 202 Å². The van der Waals surface area contributed by atoms with E-state index >= 15 is 0 Å². The van der Waals surface area contributed by atoms with E-state index in [-0.39, 0.29) is 12.1 Å². The van der Waals surface area contributed by atoms with Crippen LogP contribution < -0.4 is 16.2 Å². The fourth-order valence-electron chi connectivity index (χ4n) is 4.86. The van der Waals surface area contributed by atoms with E-state index in [1.54, 1.807) is 21.6 Å². The lowest BCUT2D eigenvalue weighted by Crippen LogP contribution is -2.35. The standard InChI is InChI=1S/C26H27N7O2/c1-2-13-32-24(34)20-16-28-25(29-19-8-7-18-15-27-12-9-17(18)14-19)31-23(20)33(32)22-6-3-5-21(30-22)26(35)10-4-11-26/h2-3,5-8,14,16,27,35H,1,4,9-13,15H2,(H,28,29,31). The van der Waals surface area contributed by atoms with Crippen molar-refractivity contribution < 1.29 is 5.11 Å². The lowest BCUT2D eigenvalue weighted by atomic mass is 9.77. The number of nitrogens with zero attached hydrogens (tertiary/aromatic N) is 5. The fraction of sp³-hybridized carbons (Fsp3) is 0.308. The van der Waals surface area contributed by atoms with Gasteiger partial charge in [0.25, 0.3) is 5.56 Å². The van der Waals surface area contributed by atoms with Crippen molar-refractivity contribution in [1.29, 1.82) is 0 Å². The molecule has 178 valence electrons. The molecule has 3 aromatic heterocycles. The number of anilines is 2. The van der Waals surface area contributed by atoms with Crippen LogP contribution in [0.3, 0.4) is 0 Å². The second-order valence-corrected chi connectivity index (χ2v) is 9.22. The summed E-state index contributed by atoms with van der Waals surface area (Å²) in [5.41, 5.74) is 3.43. The molecular weight excluding hydrogens is 442 g/mol. The van der Waals surface area contributed by atoms with E-state index in [9.17, 15) is 9.90 Å². The highest BCUT2D eigenvalue weighted by atomic mass is 16.3. The number of allylic oxidation sites excluding steroid dienone is 1. The predicted octanol–water partition coefficient (Wildman–Crippen LogP) is 2.92. The molecular formula is C26H27N7O2. The minimum absolute atomic E-state index is 0.220. The fourth-order valence-corrected chi connectivity index (χ4v) is 4.86. The molecule has 9 nitrogen and oxygen atoms in total. The summed E-state index contributed by atoms with van der Waals surface area (Å²) in [6.45, 7) is 5.93. The molecule has 4 heterocycles. The van der Waals surface area contributed by atoms with Gasteiger partial charge in [0.1, 0.15) is 11.0 Å². The third-order valence-electron chi connectivity index (χ3n) is 6.94. The first-order valence-corrected chi connectivity index (χ1v) is 11.9. The number of fused-ring (bicyclic) bond motifs is 2. The molecule has 0 spiro atoms. The quantitative estimate of drug-likeness (QED) is 0.373. The van der Waals surface area contributed by atoms with Crippen molar-refractivity contribution in [3.8, 4) is 5.82 Å². The zero-order valence-corrected chi connectivity index (χ0v) is 19.4. The number of aliphatic hydroxyl groups is 1. The van der Waals surface area contributed by atoms with Gasteiger partial charge in [0.15, 0.2) is 11.5 Å². The van der Waals surface area contributed by atoms with E-state index in [0.29, 0.717) is 41.3 Å². The molecule has 0 bridgehead atoms. The molecule has 6 rings (SSSR count). The van der Waals surface area contributed by atoms with Crippen LogP contribution in [0.4, 0.5) is 11.6 Å². The number of hydrogen-bond acceptors (Lipinski definition) is 7. The van der Waals surface area contributed by atoms with Crippen molar-refractivity contribution in [2.45, 2.75) is 44.4 Å². The highest BCUT2D eigenvalue weighted by Gasteiger charge is 2.37. The van der Waals surface area contributed by atoms with E-state index in [2.05, 4.69) is 34.3 Å². The van der Waals surface area contributed by atoms with Gasteiger partial charge in [-0.25, -0.2) is 19.3 Å². The lowest BCUT2D eigenvalue weighted by Gasteiger charge is -2.36. The van der Waals surface area contributed by atoms with Gasteiger partial charge in [-0.3, -0.25) is 4.79 Å². The van der Waals surface area contributed by atoms with E-state index in [0.717, 1.165) is 31.6 Å². The minimum atomic E-state index is -0.911. The van der Waals surface area contributed by atoms with E-state index in [1.165, 1.54) is 11.1 Å². The largest absolute Gasteiger partial charge is 0.384 e. The van der Waals surface area contributed by atoms with Crippen molar-refractivity contribution in [3.05, 3.63) is 82.4 Å². The Morgan fingerprint density at radius 2 is 2.09 bits per heavy atom. The maximum absolute atomic E-state index is 13.2. The molecule has 0 saturated heterocycles. The van der Waals surface area contributed by atoms with Crippen LogP contribution >= 0.6 is 0 Å². The maximum Gasteiger partial charge on any atom is 0.278 e. The summed E-state index contributed by atoms with van der Waals surface area (Å²) in [7, 11) is 0. The van der Waals surface area contributed by atoms with Gasteiger partial charge in [-0.15, -0.1) is 6.58 Å². The first-order chi connectivity index (χ1) is 17.1. The van der Waals surface area contributed by atoms with E-state index < -0.39 is 5.60 Å². The topological polar surface area (TPSA) is 110 Å². The lowest BCUT2D eigenvalue weighted by molar-refractivity contribution is -0.0426. The Balaban J connectivity index is 1.44. The molecule has 9 heteroatoms. The molecule has 1 fully saturated rings. The molecule has 4 aromatic rings. The summed E-state index contributed by atoms with van der Waals surface area (Å²) in [5.74, 6) is 0.910. The smallest absolute Gasteiger partial charge is 0.278 e. The number of aromatic nitrogens is 5. The van der Waals surface area contributed by atoms with Crippen LogP contribution in [0.15, 0.2) is 60.0 Å². The molecule has 1 saturated carbocycles. The Kier molecular flexibility index (Phi) is 5.23. The first kappa shape index (κ1) is 21.7. The molecule has 2 aliphatic rings. The zero-order valence-electron chi connectivity index (χ0n) is 19.4. The Morgan fingerprint density at radius 3 is 2.89 bits per heavy atom. The predicted molar refractivity (Wildman–Crippen MR) is 134 cm³/mol. The zero-order chi connectivity index (χ0) is 24.0. The molecule has 1 aromatic carbocycles. The third kappa shape index (κ3) is 3.73. The number of nitrogens with one attached hydrogen (secondary N) is 2. The van der Waals surface area contributed by atoms with Crippen LogP contribution in [0.5, 0.6) is 0 Å². The van der Waals surface area contributed by atoms with Crippen molar-refractivity contribution in [1.82, 2.24) is 29.6 Å². The van der Waals surface area contributed by atoms with Crippen molar-refractivity contribution >= 4 is 22.7 Å². The van der Waals surface area contributed by atoms with Crippen molar-refractivity contribution in [3.63, 3.8) is 0 Å². The highest BCUT2D eigenvalue weighted by Crippen LogP contribution is 2.40. The van der Waals surface area contributed by atoms with Gasteiger partial charge in [-0.05, 0) is 67.6 Å². The SMILES string of the molecule is C=CCn1c(=O)c2cnc(Nc3ccc4c(c3)CCNC4)nc2n1-c1cccc(C2(O)CCC2)n1. The third-order valence-corrected chi connectivity index (χ3v) is 6.94. The van der Waals surface area contributed by atoms with Crippen LogP contribution in [0.25, 0.3) is 16.9 Å². The number of pyridine rings is 1. The minimum Gasteiger partial charge on any atom is -0.384 e. The number of hydrogen-bond donors (Lipinski definition) is 3. The number of benzene rings is 1. The van der Waals surface area contributed by atoms with Crippen molar-refractivity contribution in [2.24, 2.45) is 0 Å². The Morgan fingerprint density at radius 1 is 1.20 bits per heavy atom. The van der Waals surface area contributed by atoms with Gasteiger partial charge in [0, 0.05) is 18.4 Å². The first-order valence-electron chi connectivity index (χ1n) is 11.9. The van der Waals surface area contributed by atoms with Crippen LogP contribution in [-0.2, 0) is 25.1 Å². The normalized spacial score (nSPS) is 16.5. The molecule has 1 aliphatic carbocycles. The molecule has 1 aliphatic heterocycles. The summed E-state index contributed by atoms with van der Waals surface area (Å²) in [6, 6.07) is 11.8. The van der Waals surface area contributed by atoms with Gasteiger partial charge in [-0.1, -0.05) is 18.2 Å². The molecule has 0 amide bonds. The average Bonchev–Trinajstić information content (AvgIpc) is 3.13. The monoisotopic (exact) mass is 469 g/mol. The van der Waals surface area contributed by atoms with Gasteiger partial charge in [-0.2, -0.15) is 4.98 Å². The summed E-state index contributed by atoms with van der Waals surface area (Å²) in [4.78, 5) is 27.1. The molecule has 3 N–H and O–H groups in total. The highest BCUT2D eigenvalue weighted by molar-refractivity contribution is 5.77. The van der Waals surface area contributed by atoms with E-state index in [4.69, 9.17) is 9.97 Å². The van der Waals surface area contributed by atoms with Gasteiger partial charge >= 0.3 is 0 Å². The van der Waals surface area contributed by atoms with Crippen LogP contribution in [-0.4, -0.2) is 36.0 Å². The Hall–Kier alpha value is -3.82. The van der Waals surface area contributed by atoms with E-state index in [1.807, 2.05) is 24.3 Å².